The molecule has 0 aliphatic heterocycles. The van der Waals surface area contributed by atoms with Gasteiger partial charge in [-0.2, -0.15) is 0 Å². The highest BCUT2D eigenvalue weighted by atomic mass is 16.5. The number of ether oxygens (including phenoxy) is 1. The van der Waals surface area contributed by atoms with E-state index in [1.807, 2.05) is 0 Å². The van der Waals surface area contributed by atoms with E-state index < -0.39 is 11.9 Å². The van der Waals surface area contributed by atoms with Gasteiger partial charge in [0.1, 0.15) is 5.92 Å². The molecule has 0 aliphatic rings. The van der Waals surface area contributed by atoms with E-state index in [0.29, 0.717) is 0 Å². The molecule has 0 bridgehead atoms. The molecule has 0 aliphatic carbocycles. The highest BCUT2D eigenvalue weighted by Gasteiger charge is 2.16. The van der Waals surface area contributed by atoms with E-state index in [4.69, 9.17) is 10.2 Å². The zero-order valence-corrected chi connectivity index (χ0v) is 5.91. The van der Waals surface area contributed by atoms with Crippen LogP contribution in [-0.4, -0.2) is 36.0 Å². The van der Waals surface area contributed by atoms with Gasteiger partial charge >= 0.3 is 5.97 Å². The van der Waals surface area contributed by atoms with E-state index in [0.717, 1.165) is 0 Å². The molecule has 0 spiro atoms. The first-order valence-corrected chi connectivity index (χ1v) is 3.14. The predicted octanol–water partition coefficient (Wildman–Crippen LogP) is -0.850. The molecule has 0 fully saturated rings. The van der Waals surface area contributed by atoms with Crippen LogP contribution in [0.1, 0.15) is 6.92 Å². The number of carbonyl (C=O) groups is 1. The van der Waals surface area contributed by atoms with Gasteiger partial charge in [0.25, 0.3) is 0 Å². The van der Waals surface area contributed by atoms with Gasteiger partial charge in [-0.1, -0.05) is 0 Å². The molecule has 0 heterocycles. The molecule has 0 unspecified atom stereocenters. The molecule has 60 valence electrons. The van der Waals surface area contributed by atoms with Crippen LogP contribution >= 0.6 is 0 Å². The lowest BCUT2D eigenvalue weighted by molar-refractivity contribution is -0.150. The molecule has 4 heteroatoms. The monoisotopic (exact) mass is 148 g/mol. The predicted molar refractivity (Wildman–Crippen MR) is 34.3 cm³/mol. The van der Waals surface area contributed by atoms with Crippen LogP contribution in [0, 0.1) is 5.92 Å². The van der Waals surface area contributed by atoms with Gasteiger partial charge in [-0.05, 0) is 6.92 Å². The van der Waals surface area contributed by atoms with Crippen molar-refractivity contribution in [3.8, 4) is 0 Å². The number of hydrogen-bond donors (Lipinski definition) is 2. The lowest BCUT2D eigenvalue weighted by Crippen LogP contribution is -2.24. The van der Waals surface area contributed by atoms with Crippen molar-refractivity contribution in [2.75, 3.05) is 19.8 Å². The lowest BCUT2D eigenvalue weighted by atomic mass is 10.2. The molecule has 10 heavy (non-hydrogen) atoms. The first kappa shape index (κ1) is 9.39. The molecule has 0 aromatic heterocycles. The van der Waals surface area contributed by atoms with Crippen molar-refractivity contribution in [1.29, 1.82) is 0 Å². The molecule has 0 aromatic rings. The summed E-state index contributed by atoms with van der Waals surface area (Å²) in [5, 5.41) is 16.9. The van der Waals surface area contributed by atoms with Crippen LogP contribution in [0.5, 0.6) is 0 Å². The van der Waals surface area contributed by atoms with Crippen molar-refractivity contribution >= 4 is 5.97 Å². The largest absolute Gasteiger partial charge is 0.466 e. The van der Waals surface area contributed by atoms with Gasteiger partial charge in [-0.15, -0.1) is 0 Å². The normalized spacial score (nSPS) is 10.0. The number of hydrogen-bond acceptors (Lipinski definition) is 4. The second-order valence-electron chi connectivity index (χ2n) is 1.81. The SMILES string of the molecule is CCOC(=O)C(CO)CO. The van der Waals surface area contributed by atoms with Crippen molar-refractivity contribution in [2.45, 2.75) is 6.92 Å². The smallest absolute Gasteiger partial charge is 0.313 e. The van der Waals surface area contributed by atoms with Gasteiger partial charge in [0.15, 0.2) is 0 Å². The third-order valence-corrected chi connectivity index (χ3v) is 1.06. The summed E-state index contributed by atoms with van der Waals surface area (Å²) in [6, 6.07) is 0. The van der Waals surface area contributed by atoms with Crippen LogP contribution in [-0.2, 0) is 9.53 Å². The quantitative estimate of drug-likeness (QED) is 0.510. The Morgan fingerprint density at radius 3 is 2.30 bits per heavy atom. The Morgan fingerprint density at radius 2 is 2.00 bits per heavy atom. The maximum Gasteiger partial charge on any atom is 0.313 e. The van der Waals surface area contributed by atoms with Gasteiger partial charge in [0, 0.05) is 0 Å². The van der Waals surface area contributed by atoms with Crippen molar-refractivity contribution < 1.29 is 19.7 Å². The molecule has 0 radical (unpaired) electrons. The van der Waals surface area contributed by atoms with Crippen molar-refractivity contribution in [3.05, 3.63) is 0 Å². The number of rotatable bonds is 4. The Balaban J connectivity index is 3.65. The summed E-state index contributed by atoms with van der Waals surface area (Å²) in [4.78, 5) is 10.7. The summed E-state index contributed by atoms with van der Waals surface area (Å²) in [6.07, 6.45) is 0. The lowest BCUT2D eigenvalue weighted by Gasteiger charge is -2.08. The molecular formula is C6H12O4. The number of aliphatic hydroxyl groups is 2. The molecule has 0 rings (SSSR count). The van der Waals surface area contributed by atoms with Gasteiger partial charge in [-0.3, -0.25) is 4.79 Å². The fraction of sp³-hybridized carbons (Fsp3) is 0.833. The number of esters is 1. The summed E-state index contributed by atoms with van der Waals surface area (Å²) < 4.78 is 4.53. The molecule has 0 atom stereocenters. The number of carbonyl (C=O) groups excluding carboxylic acids is 1. The molecule has 0 saturated heterocycles. The Bertz CT molecular complexity index is 97.9. The van der Waals surface area contributed by atoms with Crippen molar-refractivity contribution in [1.82, 2.24) is 0 Å². The van der Waals surface area contributed by atoms with Crippen molar-refractivity contribution in [3.63, 3.8) is 0 Å². The highest BCUT2D eigenvalue weighted by Crippen LogP contribution is 1.96. The molecule has 0 amide bonds. The third-order valence-electron chi connectivity index (χ3n) is 1.06. The fourth-order valence-electron chi connectivity index (χ4n) is 0.467. The van der Waals surface area contributed by atoms with E-state index in [2.05, 4.69) is 4.74 Å². The first-order chi connectivity index (χ1) is 4.76. The summed E-state index contributed by atoms with van der Waals surface area (Å²) in [5.74, 6) is -1.33. The van der Waals surface area contributed by atoms with Gasteiger partial charge in [0.2, 0.25) is 0 Å². The Hall–Kier alpha value is -0.610. The average molecular weight is 148 g/mol. The Morgan fingerprint density at radius 1 is 1.50 bits per heavy atom. The second kappa shape index (κ2) is 5.20. The van der Waals surface area contributed by atoms with Crippen LogP contribution in [0.15, 0.2) is 0 Å². The minimum atomic E-state index is -0.778. The summed E-state index contributed by atoms with van der Waals surface area (Å²) in [6.45, 7) is 1.21. The van der Waals surface area contributed by atoms with Crippen LogP contribution in [0.2, 0.25) is 0 Å². The second-order valence-corrected chi connectivity index (χ2v) is 1.81. The summed E-state index contributed by atoms with van der Waals surface area (Å²) in [7, 11) is 0. The number of aliphatic hydroxyl groups excluding tert-OH is 2. The van der Waals surface area contributed by atoms with Crippen LogP contribution in [0.25, 0.3) is 0 Å². The standard InChI is InChI=1S/C6H12O4/c1-2-10-6(9)5(3-7)4-8/h5,7-8H,2-4H2,1H3. The first-order valence-electron chi connectivity index (χ1n) is 3.14. The van der Waals surface area contributed by atoms with E-state index in [1.54, 1.807) is 6.92 Å². The fourth-order valence-corrected chi connectivity index (χ4v) is 0.467. The van der Waals surface area contributed by atoms with Crippen molar-refractivity contribution in [2.24, 2.45) is 5.92 Å². The van der Waals surface area contributed by atoms with Gasteiger partial charge in [-0.25, -0.2) is 0 Å². The van der Waals surface area contributed by atoms with E-state index in [9.17, 15) is 4.79 Å². The Kier molecular flexibility index (Phi) is 4.88. The molecule has 0 saturated carbocycles. The van der Waals surface area contributed by atoms with E-state index in [-0.39, 0.29) is 19.8 Å². The Labute approximate surface area is 59.4 Å². The zero-order chi connectivity index (χ0) is 7.98. The topological polar surface area (TPSA) is 66.8 Å². The molecule has 2 N–H and O–H groups in total. The molecule has 0 aromatic carbocycles. The molecular weight excluding hydrogens is 136 g/mol. The summed E-state index contributed by atoms with van der Waals surface area (Å²) >= 11 is 0. The average Bonchev–Trinajstić information content (AvgIpc) is 1.91. The van der Waals surface area contributed by atoms with Crippen LogP contribution in [0.4, 0.5) is 0 Å². The van der Waals surface area contributed by atoms with E-state index in [1.165, 1.54) is 0 Å². The minimum Gasteiger partial charge on any atom is -0.466 e. The van der Waals surface area contributed by atoms with Crippen LogP contribution < -0.4 is 0 Å². The van der Waals surface area contributed by atoms with Crippen LogP contribution in [0.3, 0.4) is 0 Å². The zero-order valence-electron chi connectivity index (χ0n) is 5.91. The maximum atomic E-state index is 10.7. The summed E-state index contributed by atoms with van der Waals surface area (Å²) in [5.41, 5.74) is 0. The minimum absolute atomic E-state index is 0.273. The maximum absolute atomic E-state index is 10.7. The molecule has 4 nitrogen and oxygen atoms in total. The third kappa shape index (κ3) is 2.80. The van der Waals surface area contributed by atoms with Gasteiger partial charge < -0.3 is 14.9 Å². The van der Waals surface area contributed by atoms with E-state index >= 15 is 0 Å². The van der Waals surface area contributed by atoms with Gasteiger partial charge in [0.05, 0.1) is 19.8 Å². The highest BCUT2D eigenvalue weighted by molar-refractivity contribution is 5.72.